The molecule has 31 heavy (non-hydrogen) atoms. The van der Waals surface area contributed by atoms with E-state index in [2.05, 4.69) is 25.6 Å². The topological polar surface area (TPSA) is 96.3 Å². The molecule has 0 fully saturated rings. The normalized spacial score (nSPS) is 12.0. The van der Waals surface area contributed by atoms with E-state index in [0.29, 0.717) is 12.5 Å². The number of sulfone groups is 1. The molecule has 0 radical (unpaired) electrons. The van der Waals surface area contributed by atoms with Crippen molar-refractivity contribution in [3.8, 4) is 0 Å². The Morgan fingerprint density at radius 2 is 1.71 bits per heavy atom. The minimum absolute atomic E-state index is 0.180. The van der Waals surface area contributed by atoms with Gasteiger partial charge in [0.1, 0.15) is 0 Å². The summed E-state index contributed by atoms with van der Waals surface area (Å²) in [6, 6.07) is 19.6. The van der Waals surface area contributed by atoms with Gasteiger partial charge in [0.15, 0.2) is 5.96 Å². The van der Waals surface area contributed by atoms with Crippen molar-refractivity contribution in [2.75, 3.05) is 12.4 Å². The molecule has 0 spiro atoms. The van der Waals surface area contributed by atoms with Crippen LogP contribution in [0.1, 0.15) is 5.56 Å². The molecule has 4 aromatic rings. The maximum atomic E-state index is 13.0. The fourth-order valence-corrected chi connectivity index (χ4v) is 4.30. The summed E-state index contributed by atoms with van der Waals surface area (Å²) in [6.07, 6.45) is 4.79. The van der Waals surface area contributed by atoms with Gasteiger partial charge in [-0.05, 0) is 42.0 Å². The number of pyridine rings is 2. The van der Waals surface area contributed by atoms with Gasteiger partial charge in [0.05, 0.1) is 15.3 Å². The second-order valence-corrected chi connectivity index (χ2v) is 8.75. The molecule has 0 aliphatic carbocycles. The first kappa shape index (κ1) is 20.5. The molecular formula is C23H21N5O2S. The lowest BCUT2D eigenvalue weighted by atomic mass is 10.2. The van der Waals surface area contributed by atoms with Gasteiger partial charge in [-0.25, -0.2) is 8.42 Å². The average Bonchev–Trinajstić information content (AvgIpc) is 2.82. The van der Waals surface area contributed by atoms with Crippen LogP contribution in [0.4, 0.5) is 5.69 Å². The van der Waals surface area contributed by atoms with Gasteiger partial charge in [-0.1, -0.05) is 30.3 Å². The minimum atomic E-state index is -3.65. The van der Waals surface area contributed by atoms with E-state index in [-0.39, 0.29) is 9.79 Å². The van der Waals surface area contributed by atoms with Crippen molar-refractivity contribution < 1.29 is 8.42 Å². The third-order valence-corrected chi connectivity index (χ3v) is 6.47. The summed E-state index contributed by atoms with van der Waals surface area (Å²) in [5, 5.41) is 7.16. The molecule has 0 saturated carbocycles. The molecule has 2 heterocycles. The third kappa shape index (κ3) is 4.70. The molecular weight excluding hydrogens is 410 g/mol. The van der Waals surface area contributed by atoms with Crippen molar-refractivity contribution in [2.24, 2.45) is 4.99 Å². The standard InChI is InChI=1S/C23H21N5O2S/c1-24-23(28-19-10-12-25-13-11-19)27-15-17-6-8-20(9-7-17)31(29,30)21-14-18-4-2-3-5-22(18)26-16-21/h2-14,16H,15H2,1H3,(H2,24,25,27,28). The van der Waals surface area contributed by atoms with Gasteiger partial charge in [-0.2, -0.15) is 0 Å². The number of nitrogens with one attached hydrogen (secondary N) is 2. The van der Waals surface area contributed by atoms with Crippen LogP contribution >= 0.6 is 0 Å². The lowest BCUT2D eigenvalue weighted by Gasteiger charge is -2.12. The summed E-state index contributed by atoms with van der Waals surface area (Å²) in [5.74, 6) is 0.602. The van der Waals surface area contributed by atoms with Gasteiger partial charge < -0.3 is 10.6 Å². The van der Waals surface area contributed by atoms with Crippen LogP contribution in [0.25, 0.3) is 10.9 Å². The summed E-state index contributed by atoms with van der Waals surface area (Å²) < 4.78 is 26.0. The zero-order valence-electron chi connectivity index (χ0n) is 16.9. The smallest absolute Gasteiger partial charge is 0.208 e. The van der Waals surface area contributed by atoms with Crippen LogP contribution in [0.2, 0.25) is 0 Å². The highest BCUT2D eigenvalue weighted by Crippen LogP contribution is 2.23. The van der Waals surface area contributed by atoms with Gasteiger partial charge in [-0.3, -0.25) is 15.0 Å². The predicted molar refractivity (Wildman–Crippen MR) is 122 cm³/mol. The van der Waals surface area contributed by atoms with Crippen LogP contribution in [0.3, 0.4) is 0 Å². The van der Waals surface area contributed by atoms with E-state index in [1.54, 1.807) is 49.8 Å². The quantitative estimate of drug-likeness (QED) is 0.370. The Morgan fingerprint density at radius 1 is 0.968 bits per heavy atom. The molecule has 0 saturated heterocycles. The van der Waals surface area contributed by atoms with E-state index in [1.807, 2.05) is 36.4 Å². The molecule has 0 amide bonds. The number of guanidine groups is 1. The van der Waals surface area contributed by atoms with Gasteiger partial charge in [0.25, 0.3) is 0 Å². The van der Waals surface area contributed by atoms with Crippen LogP contribution in [0.5, 0.6) is 0 Å². The Labute approximate surface area is 180 Å². The molecule has 2 N–H and O–H groups in total. The average molecular weight is 432 g/mol. The minimum Gasteiger partial charge on any atom is -0.352 e. The van der Waals surface area contributed by atoms with Crippen LogP contribution in [0, 0.1) is 0 Å². The van der Waals surface area contributed by atoms with E-state index in [0.717, 1.165) is 22.2 Å². The highest BCUT2D eigenvalue weighted by Gasteiger charge is 2.18. The fourth-order valence-electron chi connectivity index (χ4n) is 3.06. The first-order valence-electron chi connectivity index (χ1n) is 9.63. The predicted octanol–water partition coefficient (Wildman–Crippen LogP) is 3.65. The van der Waals surface area contributed by atoms with Crippen LogP contribution in [-0.2, 0) is 16.4 Å². The van der Waals surface area contributed by atoms with Crippen molar-refractivity contribution in [3.63, 3.8) is 0 Å². The molecule has 0 unspecified atom stereocenters. The van der Waals surface area contributed by atoms with E-state index in [1.165, 1.54) is 6.20 Å². The lowest BCUT2D eigenvalue weighted by Crippen LogP contribution is -2.30. The lowest BCUT2D eigenvalue weighted by molar-refractivity contribution is 0.596. The first-order valence-corrected chi connectivity index (χ1v) is 11.1. The number of aliphatic imine (C=N–C) groups is 1. The molecule has 0 aliphatic rings. The number of fused-ring (bicyclic) bond motifs is 1. The van der Waals surface area contributed by atoms with Crippen molar-refractivity contribution in [3.05, 3.63) is 90.9 Å². The maximum Gasteiger partial charge on any atom is 0.208 e. The number of benzene rings is 2. The second-order valence-electron chi connectivity index (χ2n) is 6.80. The van der Waals surface area contributed by atoms with Gasteiger partial charge in [0, 0.05) is 43.3 Å². The summed E-state index contributed by atoms with van der Waals surface area (Å²) >= 11 is 0. The number of hydrogen-bond donors (Lipinski definition) is 2. The first-order chi connectivity index (χ1) is 15.1. The zero-order chi connectivity index (χ0) is 21.7. The molecule has 8 heteroatoms. The van der Waals surface area contributed by atoms with Crippen molar-refractivity contribution in [1.82, 2.24) is 15.3 Å². The monoisotopic (exact) mass is 431 g/mol. The molecule has 4 rings (SSSR count). The molecule has 156 valence electrons. The molecule has 2 aromatic carbocycles. The van der Waals surface area contributed by atoms with Gasteiger partial charge >= 0.3 is 0 Å². The Hall–Kier alpha value is -3.78. The van der Waals surface area contributed by atoms with E-state index < -0.39 is 9.84 Å². The molecule has 0 bridgehead atoms. The third-order valence-electron chi connectivity index (χ3n) is 4.74. The Morgan fingerprint density at radius 3 is 2.45 bits per heavy atom. The van der Waals surface area contributed by atoms with Gasteiger partial charge in [-0.15, -0.1) is 0 Å². The van der Waals surface area contributed by atoms with Crippen LogP contribution in [0.15, 0.2) is 100 Å². The largest absolute Gasteiger partial charge is 0.352 e. The summed E-state index contributed by atoms with van der Waals surface area (Å²) in [4.78, 5) is 12.9. The Kier molecular flexibility index (Phi) is 5.90. The molecule has 7 nitrogen and oxygen atoms in total. The number of aromatic nitrogens is 2. The SMILES string of the molecule is CN=C(NCc1ccc(S(=O)(=O)c2cnc3ccccc3c2)cc1)Nc1ccncc1. The molecule has 0 aliphatic heterocycles. The number of rotatable bonds is 5. The Bertz CT molecular complexity index is 1320. The highest BCUT2D eigenvalue weighted by atomic mass is 32.2. The maximum absolute atomic E-state index is 13.0. The summed E-state index contributed by atoms with van der Waals surface area (Å²) in [7, 11) is -1.96. The van der Waals surface area contributed by atoms with Crippen molar-refractivity contribution in [2.45, 2.75) is 16.3 Å². The summed E-state index contributed by atoms with van der Waals surface area (Å²) in [5.41, 5.74) is 2.55. The zero-order valence-corrected chi connectivity index (χ0v) is 17.7. The molecule has 2 aromatic heterocycles. The van der Waals surface area contributed by atoms with Crippen LogP contribution in [-0.4, -0.2) is 31.4 Å². The number of para-hydroxylation sites is 1. The highest BCUT2D eigenvalue weighted by molar-refractivity contribution is 7.91. The van der Waals surface area contributed by atoms with E-state index >= 15 is 0 Å². The number of nitrogens with zero attached hydrogens (tertiary/aromatic N) is 3. The number of anilines is 1. The van der Waals surface area contributed by atoms with Crippen molar-refractivity contribution in [1.29, 1.82) is 0 Å². The fraction of sp³-hybridized carbons (Fsp3) is 0.0870. The molecule has 0 atom stereocenters. The second kappa shape index (κ2) is 8.93. The Balaban J connectivity index is 1.46. The number of hydrogen-bond acceptors (Lipinski definition) is 5. The van der Waals surface area contributed by atoms with Crippen LogP contribution < -0.4 is 10.6 Å². The van der Waals surface area contributed by atoms with E-state index in [4.69, 9.17) is 0 Å². The summed E-state index contributed by atoms with van der Waals surface area (Å²) in [6.45, 7) is 0.489. The van der Waals surface area contributed by atoms with E-state index in [9.17, 15) is 8.42 Å². The van der Waals surface area contributed by atoms with Gasteiger partial charge in [0.2, 0.25) is 9.84 Å². The van der Waals surface area contributed by atoms with Crippen molar-refractivity contribution >= 4 is 32.4 Å².